The first-order valence-electron chi connectivity index (χ1n) is 5.00. The molecule has 0 bridgehead atoms. The summed E-state index contributed by atoms with van der Waals surface area (Å²) >= 11 is 11.8. The van der Waals surface area contributed by atoms with Crippen molar-refractivity contribution in [2.24, 2.45) is 0 Å². The average molecular weight is 255 g/mol. The Balaban J connectivity index is 2.57. The highest BCUT2D eigenvalue weighted by atomic mass is 35.5. The van der Waals surface area contributed by atoms with E-state index in [1.165, 1.54) is 0 Å². The van der Waals surface area contributed by atoms with E-state index in [0.717, 1.165) is 22.6 Å². The normalized spacial score (nSPS) is 10.8. The van der Waals surface area contributed by atoms with Crippen molar-refractivity contribution in [2.45, 2.75) is 19.7 Å². The Morgan fingerprint density at radius 2 is 2.00 bits per heavy atom. The molecule has 0 aliphatic carbocycles. The Morgan fingerprint density at radius 1 is 1.25 bits per heavy atom. The summed E-state index contributed by atoms with van der Waals surface area (Å²) < 4.78 is 1.87. The Hall–Kier alpha value is -0.990. The highest BCUT2D eigenvalue weighted by Crippen LogP contribution is 2.21. The van der Waals surface area contributed by atoms with E-state index in [9.17, 15) is 0 Å². The quantitative estimate of drug-likeness (QED) is 0.744. The van der Waals surface area contributed by atoms with Crippen LogP contribution in [0.4, 0.5) is 0 Å². The molecule has 16 heavy (non-hydrogen) atoms. The summed E-state index contributed by atoms with van der Waals surface area (Å²) in [6, 6.07) is 7.75. The number of aromatic nitrogens is 2. The zero-order valence-electron chi connectivity index (χ0n) is 9.17. The average Bonchev–Trinajstić information content (AvgIpc) is 2.63. The number of hydrogen-bond acceptors (Lipinski definition) is 1. The maximum absolute atomic E-state index is 5.99. The van der Waals surface area contributed by atoms with Crippen LogP contribution in [0.2, 0.25) is 5.02 Å². The molecule has 0 unspecified atom stereocenters. The zero-order chi connectivity index (χ0) is 11.7. The number of rotatable bonds is 2. The molecule has 0 atom stereocenters. The largest absolute Gasteiger partial charge is 0.237 e. The number of aryl methyl sites for hydroxylation is 2. The fourth-order valence-electron chi connectivity index (χ4n) is 1.66. The van der Waals surface area contributed by atoms with Gasteiger partial charge in [0.1, 0.15) is 0 Å². The van der Waals surface area contributed by atoms with Gasteiger partial charge in [0, 0.05) is 10.7 Å². The Kier molecular flexibility index (Phi) is 3.22. The maximum atomic E-state index is 5.99. The highest BCUT2D eigenvalue weighted by molar-refractivity contribution is 6.30. The van der Waals surface area contributed by atoms with Gasteiger partial charge < -0.3 is 0 Å². The summed E-state index contributed by atoms with van der Waals surface area (Å²) in [4.78, 5) is 0. The van der Waals surface area contributed by atoms with Crippen LogP contribution in [-0.4, -0.2) is 9.78 Å². The highest BCUT2D eigenvalue weighted by Gasteiger charge is 2.08. The van der Waals surface area contributed by atoms with Crippen LogP contribution in [0.3, 0.4) is 0 Å². The molecule has 0 radical (unpaired) electrons. The van der Waals surface area contributed by atoms with E-state index in [1.54, 1.807) is 0 Å². The predicted octanol–water partition coefficient (Wildman–Crippen LogP) is 3.88. The standard InChI is InChI=1S/C12H12Cl2N2/c1-8-3-4-10(14)6-12(8)16-9(2)5-11(7-13)15-16/h3-6H,7H2,1-2H3. The second-order valence-corrected chi connectivity index (χ2v) is 4.46. The van der Waals surface area contributed by atoms with Crippen LogP contribution in [0.1, 0.15) is 17.0 Å². The van der Waals surface area contributed by atoms with Crippen molar-refractivity contribution < 1.29 is 0 Å². The first kappa shape index (κ1) is 11.5. The molecule has 0 saturated heterocycles. The van der Waals surface area contributed by atoms with Crippen molar-refractivity contribution >= 4 is 23.2 Å². The summed E-state index contributed by atoms with van der Waals surface area (Å²) in [6.07, 6.45) is 0. The molecule has 2 nitrogen and oxygen atoms in total. The molecule has 1 heterocycles. The van der Waals surface area contributed by atoms with Crippen molar-refractivity contribution in [3.05, 3.63) is 46.2 Å². The van der Waals surface area contributed by atoms with Gasteiger partial charge in [-0.3, -0.25) is 0 Å². The Bertz CT molecular complexity index is 518. The third kappa shape index (κ3) is 2.08. The smallest absolute Gasteiger partial charge is 0.0779 e. The van der Waals surface area contributed by atoms with E-state index in [-0.39, 0.29) is 0 Å². The van der Waals surface area contributed by atoms with Gasteiger partial charge in [0.25, 0.3) is 0 Å². The topological polar surface area (TPSA) is 17.8 Å². The molecule has 2 aromatic rings. The molecule has 2 rings (SSSR count). The molecule has 0 aliphatic rings. The van der Waals surface area contributed by atoms with Crippen LogP contribution >= 0.6 is 23.2 Å². The van der Waals surface area contributed by atoms with Crippen molar-refractivity contribution in [3.8, 4) is 5.69 Å². The lowest BCUT2D eigenvalue weighted by Gasteiger charge is -2.08. The SMILES string of the molecule is Cc1ccc(Cl)cc1-n1nc(CCl)cc1C. The number of nitrogens with zero attached hydrogens (tertiary/aromatic N) is 2. The summed E-state index contributed by atoms with van der Waals surface area (Å²) in [7, 11) is 0. The summed E-state index contributed by atoms with van der Waals surface area (Å²) in [5.41, 5.74) is 4.07. The van der Waals surface area contributed by atoms with E-state index < -0.39 is 0 Å². The van der Waals surface area contributed by atoms with E-state index in [1.807, 2.05) is 42.8 Å². The van der Waals surface area contributed by atoms with Crippen molar-refractivity contribution in [2.75, 3.05) is 0 Å². The molecule has 0 saturated carbocycles. The third-order valence-electron chi connectivity index (χ3n) is 2.47. The first-order valence-corrected chi connectivity index (χ1v) is 5.91. The Labute approximate surface area is 105 Å². The van der Waals surface area contributed by atoms with Crippen LogP contribution in [0.5, 0.6) is 0 Å². The minimum Gasteiger partial charge on any atom is -0.237 e. The molecule has 0 fully saturated rings. The van der Waals surface area contributed by atoms with Crippen LogP contribution in [0, 0.1) is 13.8 Å². The van der Waals surface area contributed by atoms with E-state index >= 15 is 0 Å². The number of alkyl halides is 1. The lowest BCUT2D eigenvalue weighted by molar-refractivity contribution is 0.825. The minimum absolute atomic E-state index is 0.424. The Morgan fingerprint density at radius 3 is 2.62 bits per heavy atom. The minimum atomic E-state index is 0.424. The van der Waals surface area contributed by atoms with Gasteiger partial charge in [-0.1, -0.05) is 17.7 Å². The number of halogens is 2. The van der Waals surface area contributed by atoms with Crippen LogP contribution < -0.4 is 0 Å². The molecule has 0 aliphatic heterocycles. The van der Waals surface area contributed by atoms with Crippen molar-refractivity contribution in [1.82, 2.24) is 9.78 Å². The van der Waals surface area contributed by atoms with E-state index in [4.69, 9.17) is 23.2 Å². The van der Waals surface area contributed by atoms with Gasteiger partial charge >= 0.3 is 0 Å². The van der Waals surface area contributed by atoms with Gasteiger partial charge in [0.15, 0.2) is 0 Å². The molecule has 0 spiro atoms. The predicted molar refractivity (Wildman–Crippen MR) is 67.6 cm³/mol. The van der Waals surface area contributed by atoms with Gasteiger partial charge in [-0.25, -0.2) is 4.68 Å². The molecular formula is C12H12Cl2N2. The van der Waals surface area contributed by atoms with Gasteiger partial charge in [0.2, 0.25) is 0 Å². The lowest BCUT2D eigenvalue weighted by atomic mass is 10.2. The fraction of sp³-hybridized carbons (Fsp3) is 0.250. The second-order valence-electron chi connectivity index (χ2n) is 3.75. The molecule has 0 amide bonds. The zero-order valence-corrected chi connectivity index (χ0v) is 10.7. The van der Waals surface area contributed by atoms with Crippen LogP contribution in [0.25, 0.3) is 5.69 Å². The van der Waals surface area contributed by atoms with E-state index in [2.05, 4.69) is 5.10 Å². The van der Waals surface area contributed by atoms with Gasteiger partial charge in [-0.2, -0.15) is 5.10 Å². The third-order valence-corrected chi connectivity index (χ3v) is 2.98. The van der Waals surface area contributed by atoms with Crippen molar-refractivity contribution in [3.63, 3.8) is 0 Å². The van der Waals surface area contributed by atoms with Gasteiger partial charge in [-0.15, -0.1) is 11.6 Å². The van der Waals surface area contributed by atoms with Crippen LogP contribution in [0.15, 0.2) is 24.3 Å². The first-order chi connectivity index (χ1) is 7.61. The monoisotopic (exact) mass is 254 g/mol. The number of benzene rings is 1. The second kappa shape index (κ2) is 4.48. The van der Waals surface area contributed by atoms with E-state index in [0.29, 0.717) is 10.9 Å². The summed E-state index contributed by atoms with van der Waals surface area (Å²) in [5, 5.41) is 5.14. The molecule has 1 aromatic heterocycles. The maximum Gasteiger partial charge on any atom is 0.0779 e. The molecular weight excluding hydrogens is 243 g/mol. The molecule has 4 heteroatoms. The molecule has 0 N–H and O–H groups in total. The van der Waals surface area contributed by atoms with Gasteiger partial charge in [0.05, 0.1) is 17.3 Å². The van der Waals surface area contributed by atoms with Crippen molar-refractivity contribution in [1.29, 1.82) is 0 Å². The van der Waals surface area contributed by atoms with Crippen LogP contribution in [-0.2, 0) is 5.88 Å². The lowest BCUT2D eigenvalue weighted by Crippen LogP contribution is -2.01. The summed E-state index contributed by atoms with van der Waals surface area (Å²) in [5.74, 6) is 0.424. The number of hydrogen-bond donors (Lipinski definition) is 0. The fourth-order valence-corrected chi connectivity index (χ4v) is 1.96. The summed E-state index contributed by atoms with van der Waals surface area (Å²) in [6.45, 7) is 4.04. The molecule has 1 aromatic carbocycles. The van der Waals surface area contributed by atoms with Gasteiger partial charge in [-0.05, 0) is 37.6 Å². The molecule has 84 valence electrons.